The van der Waals surface area contributed by atoms with Gasteiger partial charge in [0.2, 0.25) is 0 Å². The zero-order chi connectivity index (χ0) is 15.4. The molecule has 0 spiro atoms. The fourth-order valence-corrected chi connectivity index (χ4v) is 2.94. The van der Waals surface area contributed by atoms with E-state index in [0.717, 1.165) is 22.9 Å². The molecule has 114 valence electrons. The highest BCUT2D eigenvalue weighted by Crippen LogP contribution is 2.23. The van der Waals surface area contributed by atoms with E-state index in [1.54, 1.807) is 0 Å². The molecule has 0 aliphatic carbocycles. The second kappa shape index (κ2) is 6.93. The first-order valence-electron chi connectivity index (χ1n) is 7.00. The molecule has 1 aromatic rings. The zero-order valence-electron chi connectivity index (χ0n) is 11.9. The number of halogens is 1. The van der Waals surface area contributed by atoms with Crippen molar-refractivity contribution < 1.29 is 14.7 Å². The minimum absolute atomic E-state index is 0.0188. The molecular weight excluding hydrogens is 336 g/mol. The molecule has 1 aromatic carbocycles. The Labute approximate surface area is 132 Å². The van der Waals surface area contributed by atoms with E-state index >= 15 is 0 Å². The maximum Gasteiger partial charge on any atom is 0.326 e. The van der Waals surface area contributed by atoms with E-state index in [-0.39, 0.29) is 11.9 Å². The maximum absolute atomic E-state index is 12.2. The van der Waals surface area contributed by atoms with E-state index in [9.17, 15) is 14.7 Å². The Kier molecular flexibility index (Phi) is 5.22. The largest absolute Gasteiger partial charge is 0.480 e. The molecule has 0 aromatic heterocycles. The first kappa shape index (κ1) is 15.8. The summed E-state index contributed by atoms with van der Waals surface area (Å²) in [6.07, 6.45) is 1.68. The van der Waals surface area contributed by atoms with Crippen molar-refractivity contribution in [2.24, 2.45) is 5.92 Å². The third-order valence-corrected chi connectivity index (χ3v) is 4.33. The predicted molar refractivity (Wildman–Crippen MR) is 82.9 cm³/mol. The summed E-state index contributed by atoms with van der Waals surface area (Å²) >= 11 is 3.36. The lowest BCUT2D eigenvalue weighted by Gasteiger charge is -2.37. The lowest BCUT2D eigenvalue weighted by atomic mass is 9.91. The van der Waals surface area contributed by atoms with Gasteiger partial charge in [0, 0.05) is 17.6 Å². The molecule has 2 atom stereocenters. The van der Waals surface area contributed by atoms with Crippen molar-refractivity contribution in [2.75, 3.05) is 6.54 Å². The van der Waals surface area contributed by atoms with Gasteiger partial charge in [-0.05, 0) is 36.5 Å². The lowest BCUT2D eigenvalue weighted by molar-refractivity contribution is -0.145. The van der Waals surface area contributed by atoms with Crippen LogP contribution in [0, 0.1) is 5.92 Å². The van der Waals surface area contributed by atoms with E-state index in [4.69, 9.17) is 0 Å². The van der Waals surface area contributed by atoms with Crippen LogP contribution < -0.4 is 5.32 Å². The number of rotatable bonds is 3. The van der Waals surface area contributed by atoms with Crippen LogP contribution in [0.25, 0.3) is 0 Å². The first-order chi connectivity index (χ1) is 9.99. The summed E-state index contributed by atoms with van der Waals surface area (Å²) in [6.45, 7) is 2.77. The maximum atomic E-state index is 12.2. The highest BCUT2D eigenvalue weighted by molar-refractivity contribution is 9.10. The Hall–Kier alpha value is -1.56. The Balaban J connectivity index is 1.98. The highest BCUT2D eigenvalue weighted by Gasteiger charge is 2.36. The van der Waals surface area contributed by atoms with E-state index < -0.39 is 12.0 Å². The number of likely N-dealkylation sites (tertiary alicyclic amines) is 1. The summed E-state index contributed by atoms with van der Waals surface area (Å²) in [4.78, 5) is 25.0. The van der Waals surface area contributed by atoms with Crippen molar-refractivity contribution >= 4 is 27.9 Å². The van der Waals surface area contributed by atoms with Gasteiger partial charge in [0.1, 0.15) is 6.04 Å². The molecule has 6 heteroatoms. The molecule has 1 aliphatic heterocycles. The monoisotopic (exact) mass is 354 g/mol. The highest BCUT2D eigenvalue weighted by atomic mass is 79.9. The molecule has 1 heterocycles. The summed E-state index contributed by atoms with van der Waals surface area (Å²) in [7, 11) is 0. The van der Waals surface area contributed by atoms with Crippen LogP contribution >= 0.6 is 15.9 Å². The number of hydrogen-bond donors (Lipinski definition) is 2. The van der Waals surface area contributed by atoms with Crippen LogP contribution in [0.5, 0.6) is 0 Å². The van der Waals surface area contributed by atoms with Crippen LogP contribution in [0.4, 0.5) is 4.79 Å². The molecular formula is C15H19BrN2O3. The third-order valence-electron chi connectivity index (χ3n) is 3.80. The van der Waals surface area contributed by atoms with E-state index in [2.05, 4.69) is 21.2 Å². The second-order valence-corrected chi connectivity index (χ2v) is 6.30. The Morgan fingerprint density at radius 3 is 2.67 bits per heavy atom. The fraction of sp³-hybridized carbons (Fsp3) is 0.467. The van der Waals surface area contributed by atoms with Crippen LogP contribution in [0.2, 0.25) is 0 Å². The number of amides is 2. The summed E-state index contributed by atoms with van der Waals surface area (Å²) in [6, 6.07) is 6.60. The standard InChI is InChI=1S/C15H19BrN2O3/c1-10-3-2-8-18(13(10)14(19)20)15(21)17-9-11-4-6-12(16)7-5-11/h4-7,10,13H,2-3,8-9H2,1H3,(H,17,21)(H,19,20). The summed E-state index contributed by atoms with van der Waals surface area (Å²) in [5.74, 6) is -0.948. The number of nitrogens with one attached hydrogen (secondary N) is 1. The van der Waals surface area contributed by atoms with Crippen LogP contribution in [0.3, 0.4) is 0 Å². The van der Waals surface area contributed by atoms with Crippen molar-refractivity contribution in [2.45, 2.75) is 32.4 Å². The summed E-state index contributed by atoms with van der Waals surface area (Å²) in [5, 5.41) is 12.1. The Bertz CT molecular complexity index is 518. The van der Waals surface area contributed by atoms with E-state index in [1.807, 2.05) is 31.2 Å². The molecule has 2 N–H and O–H groups in total. The SMILES string of the molecule is CC1CCCN(C(=O)NCc2ccc(Br)cc2)C1C(=O)O. The van der Waals surface area contributed by atoms with Gasteiger partial charge < -0.3 is 15.3 Å². The van der Waals surface area contributed by atoms with E-state index in [0.29, 0.717) is 13.1 Å². The number of piperidine rings is 1. The number of carbonyl (C=O) groups excluding carboxylic acids is 1. The molecule has 0 bridgehead atoms. The van der Waals surface area contributed by atoms with E-state index in [1.165, 1.54) is 4.90 Å². The van der Waals surface area contributed by atoms with Crippen molar-refractivity contribution in [1.29, 1.82) is 0 Å². The predicted octanol–water partition coefficient (Wildman–Crippen LogP) is 2.84. The molecule has 0 radical (unpaired) electrons. The topological polar surface area (TPSA) is 69.6 Å². The van der Waals surface area contributed by atoms with Gasteiger partial charge in [0.05, 0.1) is 0 Å². The molecule has 5 nitrogen and oxygen atoms in total. The van der Waals surface area contributed by atoms with Gasteiger partial charge in [-0.15, -0.1) is 0 Å². The Morgan fingerprint density at radius 2 is 2.05 bits per heavy atom. The number of carboxylic acid groups (broad SMARTS) is 1. The smallest absolute Gasteiger partial charge is 0.326 e. The van der Waals surface area contributed by atoms with Crippen LogP contribution in [0.1, 0.15) is 25.3 Å². The minimum Gasteiger partial charge on any atom is -0.480 e. The molecule has 1 saturated heterocycles. The molecule has 1 aliphatic rings. The minimum atomic E-state index is -0.930. The molecule has 2 rings (SSSR count). The number of hydrogen-bond acceptors (Lipinski definition) is 2. The van der Waals surface area contributed by atoms with Gasteiger partial charge in [0.15, 0.2) is 0 Å². The molecule has 21 heavy (non-hydrogen) atoms. The Morgan fingerprint density at radius 1 is 1.38 bits per heavy atom. The van der Waals surface area contributed by atoms with Crippen LogP contribution in [0.15, 0.2) is 28.7 Å². The van der Waals surface area contributed by atoms with Crippen LogP contribution in [-0.4, -0.2) is 34.6 Å². The lowest BCUT2D eigenvalue weighted by Crippen LogP contribution is -2.54. The normalized spacial score (nSPS) is 21.9. The fourth-order valence-electron chi connectivity index (χ4n) is 2.67. The zero-order valence-corrected chi connectivity index (χ0v) is 13.5. The summed E-state index contributed by atoms with van der Waals surface area (Å²) in [5.41, 5.74) is 0.975. The summed E-state index contributed by atoms with van der Waals surface area (Å²) < 4.78 is 0.980. The quantitative estimate of drug-likeness (QED) is 0.876. The van der Waals surface area contributed by atoms with Crippen molar-refractivity contribution in [3.63, 3.8) is 0 Å². The van der Waals surface area contributed by atoms with Gasteiger partial charge in [0.25, 0.3) is 0 Å². The number of urea groups is 1. The number of aliphatic carboxylic acids is 1. The third kappa shape index (κ3) is 3.97. The molecule has 2 unspecified atom stereocenters. The number of benzene rings is 1. The molecule has 1 fully saturated rings. The molecule has 0 saturated carbocycles. The second-order valence-electron chi connectivity index (χ2n) is 5.38. The van der Waals surface area contributed by atoms with Gasteiger partial charge in [-0.1, -0.05) is 35.0 Å². The average molecular weight is 355 g/mol. The first-order valence-corrected chi connectivity index (χ1v) is 7.80. The number of carbonyl (C=O) groups is 2. The van der Waals surface area contributed by atoms with Gasteiger partial charge in [-0.2, -0.15) is 0 Å². The van der Waals surface area contributed by atoms with Gasteiger partial charge in [-0.25, -0.2) is 9.59 Å². The van der Waals surface area contributed by atoms with Crippen molar-refractivity contribution in [1.82, 2.24) is 10.2 Å². The van der Waals surface area contributed by atoms with Crippen LogP contribution in [-0.2, 0) is 11.3 Å². The van der Waals surface area contributed by atoms with Gasteiger partial charge >= 0.3 is 12.0 Å². The van der Waals surface area contributed by atoms with Crippen molar-refractivity contribution in [3.05, 3.63) is 34.3 Å². The van der Waals surface area contributed by atoms with Crippen molar-refractivity contribution in [3.8, 4) is 0 Å². The number of carboxylic acids is 1. The number of nitrogens with zero attached hydrogens (tertiary/aromatic N) is 1. The molecule has 2 amide bonds. The average Bonchev–Trinajstić information content (AvgIpc) is 2.45. The van der Waals surface area contributed by atoms with Gasteiger partial charge in [-0.3, -0.25) is 0 Å².